The van der Waals surface area contributed by atoms with Crippen molar-refractivity contribution in [2.45, 2.75) is 19.3 Å². The molecule has 1 atom stereocenters. The molecule has 0 radical (unpaired) electrons. The van der Waals surface area contributed by atoms with Crippen molar-refractivity contribution in [3.63, 3.8) is 0 Å². The third-order valence-electron chi connectivity index (χ3n) is 3.28. The number of benzene rings is 1. The molecule has 0 spiro atoms. The number of nitrogens with one attached hydrogen (secondary N) is 1. The summed E-state index contributed by atoms with van der Waals surface area (Å²) >= 11 is 1.10. The molecular formula is C15H15N3O2S. The highest BCUT2D eigenvalue weighted by Crippen LogP contribution is 2.36. The lowest BCUT2D eigenvalue weighted by molar-refractivity contribution is -0.121. The normalized spacial score (nSPS) is 18.1. The van der Waals surface area contributed by atoms with Gasteiger partial charge in [0.1, 0.15) is 0 Å². The molecule has 1 heterocycles. The van der Waals surface area contributed by atoms with E-state index in [9.17, 15) is 14.9 Å². The second kappa shape index (κ2) is 6.46. The zero-order valence-electron chi connectivity index (χ0n) is 11.6. The van der Waals surface area contributed by atoms with Crippen molar-refractivity contribution in [2.75, 3.05) is 5.75 Å². The van der Waals surface area contributed by atoms with E-state index in [1.165, 1.54) is 0 Å². The first kappa shape index (κ1) is 15.1. The minimum atomic E-state index is -0.489. The quantitative estimate of drug-likeness (QED) is 0.882. The molecule has 0 fully saturated rings. The van der Waals surface area contributed by atoms with Gasteiger partial charge >= 0.3 is 0 Å². The number of nitrogens with zero attached hydrogens (tertiary/aromatic N) is 1. The van der Waals surface area contributed by atoms with Crippen LogP contribution in [0.15, 0.2) is 34.9 Å². The van der Waals surface area contributed by atoms with Crippen LogP contribution in [0.4, 0.5) is 0 Å². The Morgan fingerprint density at radius 3 is 2.86 bits per heavy atom. The predicted molar refractivity (Wildman–Crippen MR) is 81.0 cm³/mol. The summed E-state index contributed by atoms with van der Waals surface area (Å²) in [5, 5.41) is 12.5. The number of aryl methyl sites for hydroxylation is 1. The van der Waals surface area contributed by atoms with Crippen LogP contribution in [-0.4, -0.2) is 17.6 Å². The van der Waals surface area contributed by atoms with Gasteiger partial charge in [0.2, 0.25) is 11.8 Å². The SMILES string of the molecule is Cc1ccccc1C1CC(=O)NC(SCC(N)=O)=C1C#N. The van der Waals surface area contributed by atoms with Gasteiger partial charge < -0.3 is 11.1 Å². The second-order valence-corrected chi connectivity index (χ2v) is 5.76. The summed E-state index contributed by atoms with van der Waals surface area (Å²) in [6, 6.07) is 9.85. The molecule has 1 unspecified atom stereocenters. The Morgan fingerprint density at radius 2 is 2.24 bits per heavy atom. The third-order valence-corrected chi connectivity index (χ3v) is 4.32. The lowest BCUT2D eigenvalue weighted by atomic mass is 9.85. The molecule has 5 nitrogen and oxygen atoms in total. The number of nitrogens with two attached hydrogens (primary N) is 1. The molecule has 1 aliphatic rings. The van der Waals surface area contributed by atoms with E-state index in [1.807, 2.05) is 31.2 Å². The molecule has 1 aromatic rings. The fourth-order valence-corrected chi connectivity index (χ4v) is 3.14. The van der Waals surface area contributed by atoms with Crippen molar-refractivity contribution < 1.29 is 9.59 Å². The van der Waals surface area contributed by atoms with Gasteiger partial charge in [0.25, 0.3) is 0 Å². The Hall–Kier alpha value is -2.26. The number of hydrogen-bond donors (Lipinski definition) is 2. The summed E-state index contributed by atoms with van der Waals surface area (Å²) in [4.78, 5) is 22.8. The Balaban J connectivity index is 2.42. The molecule has 0 saturated heterocycles. The fraction of sp³-hybridized carbons (Fsp3) is 0.267. The van der Waals surface area contributed by atoms with E-state index in [1.54, 1.807) is 0 Å². The number of thioether (sulfide) groups is 1. The number of allylic oxidation sites excluding steroid dienone is 1. The molecular weight excluding hydrogens is 286 g/mol. The zero-order valence-corrected chi connectivity index (χ0v) is 12.4. The van der Waals surface area contributed by atoms with Crippen molar-refractivity contribution in [1.29, 1.82) is 5.26 Å². The van der Waals surface area contributed by atoms with Crippen LogP contribution in [-0.2, 0) is 9.59 Å². The molecule has 21 heavy (non-hydrogen) atoms. The largest absolute Gasteiger partial charge is 0.369 e. The number of carbonyl (C=O) groups is 2. The Kier molecular flexibility index (Phi) is 4.66. The monoisotopic (exact) mass is 301 g/mol. The van der Waals surface area contributed by atoms with Gasteiger partial charge in [-0.1, -0.05) is 36.0 Å². The third kappa shape index (κ3) is 3.44. The number of carbonyl (C=O) groups excluding carboxylic acids is 2. The van der Waals surface area contributed by atoms with Crippen molar-refractivity contribution in [2.24, 2.45) is 5.73 Å². The van der Waals surface area contributed by atoms with E-state index < -0.39 is 5.91 Å². The van der Waals surface area contributed by atoms with Gasteiger partial charge in [-0.2, -0.15) is 5.26 Å². The first-order valence-corrected chi connectivity index (χ1v) is 7.42. The highest BCUT2D eigenvalue weighted by Gasteiger charge is 2.30. The first-order chi connectivity index (χ1) is 10.0. The van der Waals surface area contributed by atoms with Crippen LogP contribution >= 0.6 is 11.8 Å². The van der Waals surface area contributed by atoms with Crippen molar-refractivity contribution >= 4 is 23.6 Å². The maximum absolute atomic E-state index is 11.9. The van der Waals surface area contributed by atoms with E-state index >= 15 is 0 Å². The predicted octanol–water partition coefficient (Wildman–Crippen LogP) is 1.55. The highest BCUT2D eigenvalue weighted by atomic mass is 32.2. The summed E-state index contributed by atoms with van der Waals surface area (Å²) in [5.74, 6) is -0.895. The van der Waals surface area contributed by atoms with E-state index in [2.05, 4.69) is 11.4 Å². The molecule has 1 aromatic carbocycles. The van der Waals surface area contributed by atoms with Crippen LogP contribution < -0.4 is 11.1 Å². The number of rotatable bonds is 4. The standard InChI is InChI=1S/C15H15N3O2S/c1-9-4-2-3-5-10(9)11-6-14(20)18-15(12(11)7-16)21-8-13(17)19/h2-5,11H,6,8H2,1H3,(H2,17,19)(H,18,20). The van der Waals surface area contributed by atoms with Gasteiger partial charge in [0.15, 0.2) is 0 Å². The van der Waals surface area contributed by atoms with Gasteiger partial charge in [0, 0.05) is 12.3 Å². The molecule has 0 bridgehead atoms. The van der Waals surface area contributed by atoms with Gasteiger partial charge in [-0.3, -0.25) is 9.59 Å². The van der Waals surface area contributed by atoms with Crippen LogP contribution in [0.25, 0.3) is 0 Å². The molecule has 1 aliphatic heterocycles. The van der Waals surface area contributed by atoms with E-state index in [-0.39, 0.29) is 24.0 Å². The van der Waals surface area contributed by atoms with E-state index in [4.69, 9.17) is 5.73 Å². The van der Waals surface area contributed by atoms with Crippen LogP contribution in [0.5, 0.6) is 0 Å². The van der Waals surface area contributed by atoms with Crippen molar-refractivity contribution in [1.82, 2.24) is 5.32 Å². The zero-order chi connectivity index (χ0) is 15.4. The Labute approximate surface area is 127 Å². The topological polar surface area (TPSA) is 96.0 Å². The first-order valence-electron chi connectivity index (χ1n) is 6.43. The summed E-state index contributed by atoms with van der Waals surface area (Å²) in [6.07, 6.45) is 0.231. The summed E-state index contributed by atoms with van der Waals surface area (Å²) in [5.41, 5.74) is 7.60. The lowest BCUT2D eigenvalue weighted by Crippen LogP contribution is -2.31. The smallest absolute Gasteiger partial charge is 0.227 e. The number of amides is 2. The molecule has 6 heteroatoms. The summed E-state index contributed by atoms with van der Waals surface area (Å²) in [7, 11) is 0. The summed E-state index contributed by atoms with van der Waals surface area (Å²) in [6.45, 7) is 1.95. The molecule has 108 valence electrons. The van der Waals surface area contributed by atoms with E-state index in [0.717, 1.165) is 22.9 Å². The minimum Gasteiger partial charge on any atom is -0.369 e. The molecule has 0 aromatic heterocycles. The second-order valence-electron chi connectivity index (χ2n) is 4.77. The Morgan fingerprint density at radius 1 is 1.52 bits per heavy atom. The van der Waals surface area contributed by atoms with Crippen LogP contribution in [0, 0.1) is 18.3 Å². The maximum atomic E-state index is 11.9. The maximum Gasteiger partial charge on any atom is 0.227 e. The minimum absolute atomic E-state index is 0.0291. The van der Waals surface area contributed by atoms with Gasteiger partial charge in [-0.15, -0.1) is 0 Å². The molecule has 2 rings (SSSR count). The van der Waals surface area contributed by atoms with Gasteiger partial charge in [-0.05, 0) is 18.1 Å². The van der Waals surface area contributed by atoms with Crippen LogP contribution in [0.1, 0.15) is 23.5 Å². The van der Waals surface area contributed by atoms with Gasteiger partial charge in [0.05, 0.1) is 22.4 Å². The van der Waals surface area contributed by atoms with Crippen LogP contribution in [0.3, 0.4) is 0 Å². The van der Waals surface area contributed by atoms with E-state index in [0.29, 0.717) is 10.6 Å². The summed E-state index contributed by atoms with van der Waals surface area (Å²) < 4.78 is 0. The van der Waals surface area contributed by atoms with Crippen molar-refractivity contribution in [3.8, 4) is 6.07 Å². The van der Waals surface area contributed by atoms with Crippen molar-refractivity contribution in [3.05, 3.63) is 46.0 Å². The number of nitriles is 1. The molecule has 0 aliphatic carbocycles. The number of primary amides is 1. The average molecular weight is 301 g/mol. The molecule has 3 N–H and O–H groups in total. The average Bonchev–Trinajstić information content (AvgIpc) is 2.45. The number of hydrogen-bond acceptors (Lipinski definition) is 4. The molecule has 2 amide bonds. The highest BCUT2D eigenvalue weighted by molar-refractivity contribution is 8.03. The Bertz CT molecular complexity index is 661. The lowest BCUT2D eigenvalue weighted by Gasteiger charge is -2.25. The molecule has 0 saturated carbocycles. The van der Waals surface area contributed by atoms with Crippen LogP contribution in [0.2, 0.25) is 0 Å². The fourth-order valence-electron chi connectivity index (χ4n) is 2.32. The van der Waals surface area contributed by atoms with Gasteiger partial charge in [-0.25, -0.2) is 0 Å².